The number of nitrogens with zero attached hydrogens (tertiary/aromatic N) is 2. The summed E-state index contributed by atoms with van der Waals surface area (Å²) in [6.45, 7) is 2.76. The zero-order chi connectivity index (χ0) is 19.7. The fourth-order valence-corrected chi connectivity index (χ4v) is 3.53. The van der Waals surface area contributed by atoms with Crippen LogP contribution >= 0.6 is 11.6 Å². The number of anilines is 3. The Kier molecular flexibility index (Phi) is 4.92. The fourth-order valence-electron chi connectivity index (χ4n) is 3.38. The number of nitrogens with one attached hydrogen (secondary N) is 1. The Morgan fingerprint density at radius 1 is 1.21 bits per heavy atom. The van der Waals surface area contributed by atoms with E-state index < -0.39 is 0 Å². The quantitative estimate of drug-likeness (QED) is 0.677. The number of pyridine rings is 1. The Bertz CT molecular complexity index is 1030. The molecule has 0 radical (unpaired) electrons. The van der Waals surface area contributed by atoms with Crippen LogP contribution in [-0.4, -0.2) is 24.5 Å². The Morgan fingerprint density at radius 2 is 2.04 bits per heavy atom. The van der Waals surface area contributed by atoms with Crippen molar-refractivity contribution < 1.29 is 9.53 Å². The van der Waals surface area contributed by atoms with Crippen molar-refractivity contribution in [3.63, 3.8) is 0 Å². The van der Waals surface area contributed by atoms with Crippen molar-refractivity contribution in [2.24, 2.45) is 0 Å². The van der Waals surface area contributed by atoms with Gasteiger partial charge in [-0.05, 0) is 48.7 Å². The summed E-state index contributed by atoms with van der Waals surface area (Å²) in [5.74, 6) is 1.10. The SMILES string of the molecule is COc1cc(Cl)c(C)cc1NC(=O)c1ccc(N2CCc3ccccc32)nc1. The highest BCUT2D eigenvalue weighted by atomic mass is 35.5. The number of amides is 1. The van der Waals surface area contributed by atoms with E-state index in [2.05, 4.69) is 33.4 Å². The molecular formula is C22H20ClN3O2. The molecule has 142 valence electrons. The second-order valence-corrected chi connectivity index (χ2v) is 7.10. The van der Waals surface area contributed by atoms with Gasteiger partial charge in [0.2, 0.25) is 0 Å². The van der Waals surface area contributed by atoms with Crippen LogP contribution in [0, 0.1) is 6.92 Å². The molecule has 0 aliphatic carbocycles. The van der Waals surface area contributed by atoms with E-state index >= 15 is 0 Å². The summed E-state index contributed by atoms with van der Waals surface area (Å²) >= 11 is 6.13. The van der Waals surface area contributed by atoms with Gasteiger partial charge in [0.25, 0.3) is 5.91 Å². The van der Waals surface area contributed by atoms with Crippen LogP contribution in [-0.2, 0) is 6.42 Å². The maximum absolute atomic E-state index is 12.7. The van der Waals surface area contributed by atoms with Crippen molar-refractivity contribution in [2.45, 2.75) is 13.3 Å². The molecule has 1 amide bonds. The number of fused-ring (bicyclic) bond motifs is 1. The van der Waals surface area contributed by atoms with Gasteiger partial charge in [0, 0.05) is 29.5 Å². The molecule has 0 spiro atoms. The molecule has 1 aromatic heterocycles. The molecule has 6 heteroatoms. The third-order valence-electron chi connectivity index (χ3n) is 4.90. The lowest BCUT2D eigenvalue weighted by molar-refractivity contribution is 0.102. The molecule has 1 N–H and O–H groups in total. The van der Waals surface area contributed by atoms with Crippen LogP contribution < -0.4 is 15.0 Å². The van der Waals surface area contributed by atoms with E-state index in [0.29, 0.717) is 22.0 Å². The number of hydrogen-bond donors (Lipinski definition) is 1. The van der Waals surface area contributed by atoms with Gasteiger partial charge in [0.15, 0.2) is 0 Å². The minimum atomic E-state index is -0.249. The number of hydrogen-bond acceptors (Lipinski definition) is 4. The number of aryl methyl sites for hydroxylation is 1. The number of halogens is 1. The Morgan fingerprint density at radius 3 is 2.79 bits per heavy atom. The van der Waals surface area contributed by atoms with Crippen molar-refractivity contribution in [3.05, 3.63) is 76.4 Å². The molecule has 0 fully saturated rings. The first-order valence-electron chi connectivity index (χ1n) is 9.04. The zero-order valence-electron chi connectivity index (χ0n) is 15.7. The summed E-state index contributed by atoms with van der Waals surface area (Å²) in [7, 11) is 1.54. The van der Waals surface area contributed by atoms with E-state index in [9.17, 15) is 4.79 Å². The van der Waals surface area contributed by atoms with Gasteiger partial charge in [0.05, 0.1) is 18.4 Å². The minimum Gasteiger partial charge on any atom is -0.495 e. The van der Waals surface area contributed by atoms with Gasteiger partial charge in [-0.1, -0.05) is 29.8 Å². The molecule has 2 heterocycles. The molecule has 1 aliphatic heterocycles. The standard InChI is InChI=1S/C22H20ClN3O2/c1-14-11-18(20(28-2)12-17(14)23)25-22(27)16-7-8-21(24-13-16)26-10-9-15-5-3-4-6-19(15)26/h3-8,11-13H,9-10H2,1-2H3,(H,25,27). The molecule has 5 nitrogen and oxygen atoms in total. The maximum atomic E-state index is 12.7. The van der Waals surface area contributed by atoms with E-state index in [1.807, 2.05) is 19.1 Å². The molecule has 0 saturated heterocycles. The van der Waals surface area contributed by atoms with E-state index in [4.69, 9.17) is 16.3 Å². The number of carbonyl (C=O) groups is 1. The summed E-state index contributed by atoms with van der Waals surface area (Å²) in [5, 5.41) is 3.46. The van der Waals surface area contributed by atoms with Gasteiger partial charge in [-0.15, -0.1) is 0 Å². The van der Waals surface area contributed by atoms with Crippen molar-refractivity contribution in [1.29, 1.82) is 0 Å². The molecule has 0 bridgehead atoms. The van der Waals surface area contributed by atoms with E-state index in [-0.39, 0.29) is 5.91 Å². The summed E-state index contributed by atoms with van der Waals surface area (Å²) in [4.78, 5) is 19.3. The number of carbonyl (C=O) groups excluding carboxylic acids is 1. The highest BCUT2D eigenvalue weighted by Gasteiger charge is 2.21. The first-order chi connectivity index (χ1) is 13.6. The number of ether oxygens (including phenoxy) is 1. The molecule has 0 unspecified atom stereocenters. The number of benzene rings is 2. The lowest BCUT2D eigenvalue weighted by Gasteiger charge is -2.18. The van der Waals surface area contributed by atoms with E-state index in [1.165, 1.54) is 11.3 Å². The second kappa shape index (κ2) is 7.52. The topological polar surface area (TPSA) is 54.5 Å². The third-order valence-corrected chi connectivity index (χ3v) is 5.31. The van der Waals surface area contributed by atoms with Gasteiger partial charge >= 0.3 is 0 Å². The van der Waals surface area contributed by atoms with E-state index in [1.54, 1.807) is 31.5 Å². The van der Waals surface area contributed by atoms with Crippen LogP contribution in [0.3, 0.4) is 0 Å². The van der Waals surface area contributed by atoms with Crippen LogP contribution in [0.25, 0.3) is 0 Å². The highest BCUT2D eigenvalue weighted by Crippen LogP contribution is 2.33. The number of methoxy groups -OCH3 is 1. The van der Waals surface area contributed by atoms with Crippen LogP contribution in [0.5, 0.6) is 5.75 Å². The van der Waals surface area contributed by atoms with Gasteiger partial charge < -0.3 is 15.0 Å². The normalized spacial score (nSPS) is 12.6. The largest absolute Gasteiger partial charge is 0.495 e. The molecule has 3 aromatic rings. The summed E-state index contributed by atoms with van der Waals surface area (Å²) < 4.78 is 5.32. The molecule has 0 atom stereocenters. The Hall–Kier alpha value is -3.05. The smallest absolute Gasteiger partial charge is 0.257 e. The Labute approximate surface area is 168 Å². The van der Waals surface area contributed by atoms with Crippen LogP contribution in [0.1, 0.15) is 21.5 Å². The molecule has 28 heavy (non-hydrogen) atoms. The monoisotopic (exact) mass is 393 g/mol. The summed E-state index contributed by atoms with van der Waals surface area (Å²) in [5.41, 5.74) is 4.40. The van der Waals surface area contributed by atoms with Gasteiger partial charge in [-0.2, -0.15) is 0 Å². The van der Waals surface area contributed by atoms with E-state index in [0.717, 1.165) is 24.3 Å². The average Bonchev–Trinajstić information content (AvgIpc) is 3.15. The molecule has 2 aromatic carbocycles. The molecule has 0 saturated carbocycles. The average molecular weight is 394 g/mol. The highest BCUT2D eigenvalue weighted by molar-refractivity contribution is 6.31. The second-order valence-electron chi connectivity index (χ2n) is 6.69. The van der Waals surface area contributed by atoms with Crippen molar-refractivity contribution in [2.75, 3.05) is 23.9 Å². The van der Waals surface area contributed by atoms with Crippen LogP contribution in [0.4, 0.5) is 17.2 Å². The first-order valence-corrected chi connectivity index (χ1v) is 9.41. The van der Waals surface area contributed by atoms with Crippen LogP contribution in [0.2, 0.25) is 5.02 Å². The molecule has 4 rings (SSSR count). The van der Waals surface area contributed by atoms with Crippen molar-refractivity contribution in [3.8, 4) is 5.75 Å². The zero-order valence-corrected chi connectivity index (χ0v) is 16.5. The lowest BCUT2D eigenvalue weighted by Crippen LogP contribution is -2.16. The summed E-state index contributed by atoms with van der Waals surface area (Å²) in [6.07, 6.45) is 2.59. The van der Waals surface area contributed by atoms with Crippen molar-refractivity contribution >= 4 is 34.7 Å². The lowest BCUT2D eigenvalue weighted by atomic mass is 10.2. The third kappa shape index (κ3) is 3.41. The van der Waals surface area contributed by atoms with Gasteiger partial charge in [-0.3, -0.25) is 4.79 Å². The Balaban J connectivity index is 1.54. The number of para-hydroxylation sites is 1. The van der Waals surface area contributed by atoms with Gasteiger partial charge in [-0.25, -0.2) is 4.98 Å². The number of aromatic nitrogens is 1. The number of rotatable bonds is 4. The van der Waals surface area contributed by atoms with Crippen molar-refractivity contribution in [1.82, 2.24) is 4.98 Å². The molecular weight excluding hydrogens is 374 g/mol. The maximum Gasteiger partial charge on any atom is 0.257 e. The summed E-state index contributed by atoms with van der Waals surface area (Å²) in [6, 6.07) is 15.5. The van der Waals surface area contributed by atoms with Crippen LogP contribution in [0.15, 0.2) is 54.7 Å². The molecule has 1 aliphatic rings. The minimum absolute atomic E-state index is 0.249. The fraction of sp³-hybridized carbons (Fsp3) is 0.182. The predicted molar refractivity (Wildman–Crippen MR) is 112 cm³/mol. The predicted octanol–water partition coefficient (Wildman–Crippen LogP) is 5.00. The first kappa shape index (κ1) is 18.3. The van der Waals surface area contributed by atoms with Gasteiger partial charge in [0.1, 0.15) is 11.6 Å².